The number of hydrogen-bond donors (Lipinski definition) is 2. The second-order valence-electron chi connectivity index (χ2n) is 4.69. The third-order valence-corrected chi connectivity index (χ3v) is 5.22. The third-order valence-electron chi connectivity index (χ3n) is 3.02. The van der Waals surface area contributed by atoms with Gasteiger partial charge in [0.2, 0.25) is 0 Å². The van der Waals surface area contributed by atoms with E-state index in [1.165, 1.54) is 28.4 Å². The lowest BCUT2D eigenvalue weighted by Crippen LogP contribution is -2.13. The Kier molecular flexibility index (Phi) is 3.48. The largest absolute Gasteiger partial charge is 0.329 e. The molecule has 0 aliphatic heterocycles. The van der Waals surface area contributed by atoms with Crippen molar-refractivity contribution in [2.24, 2.45) is 5.73 Å². The number of nitrogens with two attached hydrogens (primary N) is 1. The van der Waals surface area contributed by atoms with E-state index in [1.54, 1.807) is 0 Å². The van der Waals surface area contributed by atoms with E-state index < -0.39 is 10.0 Å². The summed E-state index contributed by atoms with van der Waals surface area (Å²) in [5, 5.41) is 6.27. The molecule has 1 aliphatic rings. The molecule has 3 N–H and O–H groups in total. The van der Waals surface area contributed by atoms with Crippen molar-refractivity contribution in [2.45, 2.75) is 30.2 Å². The van der Waals surface area contributed by atoms with E-state index in [1.807, 2.05) is 5.38 Å². The van der Waals surface area contributed by atoms with Crippen LogP contribution in [0.15, 0.2) is 22.7 Å². The molecule has 108 valence electrons. The summed E-state index contributed by atoms with van der Waals surface area (Å²) < 4.78 is 28.4. The molecule has 0 aromatic carbocycles. The number of sulfonamides is 1. The SMILES string of the molecule is NCCn1cc(S(=O)(=O)Nc2nc(C3CC3)cs2)cn1. The third kappa shape index (κ3) is 2.84. The van der Waals surface area contributed by atoms with Crippen molar-refractivity contribution in [1.82, 2.24) is 14.8 Å². The monoisotopic (exact) mass is 313 g/mol. The zero-order valence-electron chi connectivity index (χ0n) is 10.7. The summed E-state index contributed by atoms with van der Waals surface area (Å²) in [5.74, 6) is 0.511. The van der Waals surface area contributed by atoms with Crippen LogP contribution in [0.25, 0.3) is 0 Å². The summed E-state index contributed by atoms with van der Waals surface area (Å²) in [5.41, 5.74) is 6.38. The lowest BCUT2D eigenvalue weighted by molar-refractivity contribution is 0.599. The molecule has 0 amide bonds. The first-order valence-corrected chi connectivity index (χ1v) is 8.65. The van der Waals surface area contributed by atoms with Gasteiger partial charge in [-0.25, -0.2) is 13.4 Å². The average molecular weight is 313 g/mol. The average Bonchev–Trinajstić information content (AvgIpc) is 2.95. The number of anilines is 1. The molecule has 9 heteroatoms. The fourth-order valence-electron chi connectivity index (χ4n) is 1.81. The van der Waals surface area contributed by atoms with E-state index in [2.05, 4.69) is 14.8 Å². The van der Waals surface area contributed by atoms with Gasteiger partial charge in [-0.15, -0.1) is 11.3 Å². The molecule has 0 spiro atoms. The first-order valence-electron chi connectivity index (χ1n) is 6.29. The van der Waals surface area contributed by atoms with Crippen LogP contribution >= 0.6 is 11.3 Å². The van der Waals surface area contributed by atoms with Crippen LogP contribution in [0.3, 0.4) is 0 Å². The minimum atomic E-state index is -3.63. The Morgan fingerprint density at radius 3 is 3.00 bits per heavy atom. The maximum absolute atomic E-state index is 12.2. The molecular formula is C11H15N5O2S2. The molecule has 0 radical (unpaired) electrons. The molecule has 0 bridgehead atoms. The molecular weight excluding hydrogens is 298 g/mol. The second-order valence-corrected chi connectivity index (χ2v) is 7.23. The Labute approximate surface area is 120 Å². The van der Waals surface area contributed by atoms with Crippen molar-refractivity contribution >= 4 is 26.5 Å². The van der Waals surface area contributed by atoms with E-state index in [9.17, 15) is 8.42 Å². The van der Waals surface area contributed by atoms with Gasteiger partial charge in [0.1, 0.15) is 4.90 Å². The minimum Gasteiger partial charge on any atom is -0.329 e. The van der Waals surface area contributed by atoms with Crippen LogP contribution in [0.1, 0.15) is 24.5 Å². The summed E-state index contributed by atoms with van der Waals surface area (Å²) in [6.45, 7) is 0.893. The van der Waals surface area contributed by atoms with Gasteiger partial charge in [-0.3, -0.25) is 9.40 Å². The normalized spacial score (nSPS) is 15.4. The quantitative estimate of drug-likeness (QED) is 0.827. The Morgan fingerprint density at radius 2 is 2.30 bits per heavy atom. The maximum atomic E-state index is 12.2. The van der Waals surface area contributed by atoms with Crippen LogP contribution in [-0.4, -0.2) is 29.7 Å². The number of nitrogens with zero attached hydrogens (tertiary/aromatic N) is 3. The Balaban J connectivity index is 1.76. The van der Waals surface area contributed by atoms with Crippen LogP contribution in [0, 0.1) is 0 Å². The molecule has 1 saturated carbocycles. The summed E-state index contributed by atoms with van der Waals surface area (Å²) in [7, 11) is -3.63. The molecule has 2 aromatic rings. The number of rotatable bonds is 6. The van der Waals surface area contributed by atoms with E-state index in [4.69, 9.17) is 5.73 Å². The van der Waals surface area contributed by atoms with Crippen molar-refractivity contribution in [3.05, 3.63) is 23.5 Å². The summed E-state index contributed by atoms with van der Waals surface area (Å²) in [4.78, 5) is 4.43. The van der Waals surface area contributed by atoms with Gasteiger partial charge in [0.15, 0.2) is 5.13 Å². The van der Waals surface area contributed by atoms with Crippen molar-refractivity contribution in [2.75, 3.05) is 11.3 Å². The van der Waals surface area contributed by atoms with E-state index >= 15 is 0 Å². The highest BCUT2D eigenvalue weighted by Gasteiger charge is 2.27. The number of nitrogens with one attached hydrogen (secondary N) is 1. The number of aromatic nitrogens is 3. The van der Waals surface area contributed by atoms with Gasteiger partial charge in [0.25, 0.3) is 10.0 Å². The second kappa shape index (κ2) is 5.15. The van der Waals surface area contributed by atoms with Crippen LogP contribution in [-0.2, 0) is 16.6 Å². The zero-order valence-corrected chi connectivity index (χ0v) is 12.3. The molecule has 2 heterocycles. The van der Waals surface area contributed by atoms with Crippen molar-refractivity contribution < 1.29 is 8.42 Å². The zero-order chi connectivity index (χ0) is 14.2. The Hall–Kier alpha value is -1.45. The van der Waals surface area contributed by atoms with Crippen LogP contribution < -0.4 is 10.5 Å². The van der Waals surface area contributed by atoms with E-state index in [-0.39, 0.29) is 4.90 Å². The van der Waals surface area contributed by atoms with E-state index in [0.717, 1.165) is 18.5 Å². The highest BCUT2D eigenvalue weighted by Crippen LogP contribution is 2.41. The standard InChI is InChI=1S/C11H15N5O2S2/c12-3-4-16-6-9(5-13-16)20(17,18)15-11-14-10(7-19-11)8-1-2-8/h5-8H,1-4,12H2,(H,14,15). The number of hydrogen-bond acceptors (Lipinski definition) is 6. The fourth-order valence-corrected chi connectivity index (χ4v) is 3.81. The molecule has 1 aliphatic carbocycles. The number of thiazole rings is 1. The smallest absolute Gasteiger partial charge is 0.266 e. The Bertz CT molecular complexity index is 702. The molecule has 1 fully saturated rings. The lowest BCUT2D eigenvalue weighted by Gasteiger charge is -2.01. The predicted molar refractivity (Wildman–Crippen MR) is 76.2 cm³/mol. The van der Waals surface area contributed by atoms with Gasteiger partial charge in [-0.05, 0) is 12.8 Å². The Morgan fingerprint density at radius 1 is 1.50 bits per heavy atom. The summed E-state index contributed by atoms with van der Waals surface area (Å²) >= 11 is 1.31. The maximum Gasteiger partial charge on any atom is 0.266 e. The highest BCUT2D eigenvalue weighted by molar-refractivity contribution is 7.93. The molecule has 0 atom stereocenters. The van der Waals surface area contributed by atoms with Crippen molar-refractivity contribution in [1.29, 1.82) is 0 Å². The molecule has 0 unspecified atom stereocenters. The molecule has 0 saturated heterocycles. The van der Waals surface area contributed by atoms with Crippen molar-refractivity contribution in [3.63, 3.8) is 0 Å². The summed E-state index contributed by atoms with van der Waals surface area (Å²) in [6.07, 6.45) is 5.06. The van der Waals surface area contributed by atoms with Gasteiger partial charge in [0.05, 0.1) is 18.4 Å². The lowest BCUT2D eigenvalue weighted by atomic mass is 10.3. The summed E-state index contributed by atoms with van der Waals surface area (Å²) in [6, 6.07) is 0. The highest BCUT2D eigenvalue weighted by atomic mass is 32.2. The first kappa shape index (κ1) is 13.5. The van der Waals surface area contributed by atoms with Gasteiger partial charge in [0, 0.05) is 24.0 Å². The first-order chi connectivity index (χ1) is 9.58. The van der Waals surface area contributed by atoms with Crippen LogP contribution in [0.2, 0.25) is 0 Å². The van der Waals surface area contributed by atoms with Crippen LogP contribution in [0.4, 0.5) is 5.13 Å². The van der Waals surface area contributed by atoms with Gasteiger partial charge in [-0.2, -0.15) is 5.10 Å². The minimum absolute atomic E-state index is 0.120. The van der Waals surface area contributed by atoms with Gasteiger partial charge < -0.3 is 5.73 Å². The molecule has 20 heavy (non-hydrogen) atoms. The molecule has 2 aromatic heterocycles. The van der Waals surface area contributed by atoms with Gasteiger partial charge >= 0.3 is 0 Å². The topological polar surface area (TPSA) is 103 Å². The van der Waals surface area contributed by atoms with Gasteiger partial charge in [-0.1, -0.05) is 0 Å². The predicted octanol–water partition coefficient (Wildman–Crippen LogP) is 0.976. The fraction of sp³-hybridized carbons (Fsp3) is 0.455. The molecule has 3 rings (SSSR count). The molecule has 7 nitrogen and oxygen atoms in total. The van der Waals surface area contributed by atoms with E-state index in [0.29, 0.717) is 24.1 Å². The van der Waals surface area contributed by atoms with Crippen molar-refractivity contribution in [3.8, 4) is 0 Å². The van der Waals surface area contributed by atoms with Crippen LogP contribution in [0.5, 0.6) is 0 Å².